The Labute approximate surface area is 307 Å². The fraction of sp³-hybridized carbons (Fsp3) is 0.320. The van der Waals surface area contributed by atoms with Crippen molar-refractivity contribution in [1.29, 1.82) is 0 Å². The van der Waals surface area contributed by atoms with E-state index in [9.17, 15) is 0 Å². The molecule has 1 aliphatic rings. The highest BCUT2D eigenvalue weighted by Gasteiger charge is 2.42. The molecule has 0 atom stereocenters. The third kappa shape index (κ3) is 7.01. The molecular formula is C50H55N. The minimum absolute atomic E-state index is 0.0926. The number of aryl methyl sites for hydroxylation is 3. The first-order valence-corrected chi connectivity index (χ1v) is 19.6. The number of hydrogen-bond acceptors (Lipinski definition) is 0. The molecule has 0 bridgehead atoms. The summed E-state index contributed by atoms with van der Waals surface area (Å²) in [6.07, 6.45) is 12.9. The average molecular weight is 670 g/mol. The van der Waals surface area contributed by atoms with Crippen molar-refractivity contribution in [1.82, 2.24) is 4.57 Å². The maximum atomic E-state index is 2.57. The number of fused-ring (bicyclic) bond motifs is 3. The van der Waals surface area contributed by atoms with Gasteiger partial charge in [-0.1, -0.05) is 173 Å². The van der Waals surface area contributed by atoms with Gasteiger partial charge in [0.25, 0.3) is 0 Å². The molecule has 1 heterocycles. The fourth-order valence-electron chi connectivity index (χ4n) is 8.58. The molecule has 0 amide bonds. The second-order valence-electron chi connectivity index (χ2n) is 15.2. The van der Waals surface area contributed by atoms with Gasteiger partial charge in [0.05, 0.1) is 11.4 Å². The van der Waals surface area contributed by atoms with Crippen molar-refractivity contribution in [2.75, 3.05) is 0 Å². The van der Waals surface area contributed by atoms with Gasteiger partial charge in [0.2, 0.25) is 0 Å². The zero-order valence-electron chi connectivity index (χ0n) is 31.6. The quantitative estimate of drug-likeness (QED) is 0.102. The summed E-state index contributed by atoms with van der Waals surface area (Å²) in [5.41, 5.74) is 18.7. The van der Waals surface area contributed by atoms with E-state index in [4.69, 9.17) is 0 Å². The Morgan fingerprint density at radius 3 is 1.43 bits per heavy atom. The molecule has 1 aromatic heterocycles. The molecule has 51 heavy (non-hydrogen) atoms. The Morgan fingerprint density at radius 2 is 0.863 bits per heavy atom. The SMILES string of the molecule is CCCCCCC1(CCCCCC)c2cc(C)ccc2-c2ccc(-c3ccc(-c4ccc(-c5ccc(C)cc5)n4-c4ccc(C)cc4)cc3)cc21. The summed E-state index contributed by atoms with van der Waals surface area (Å²) in [6.45, 7) is 11.2. The normalized spacial score (nSPS) is 13.0. The van der Waals surface area contributed by atoms with E-state index in [-0.39, 0.29) is 5.41 Å². The molecule has 0 unspecified atom stereocenters. The monoisotopic (exact) mass is 669 g/mol. The van der Waals surface area contributed by atoms with E-state index in [1.54, 1.807) is 11.1 Å². The van der Waals surface area contributed by atoms with Crippen LogP contribution in [0.2, 0.25) is 0 Å². The molecule has 7 rings (SSSR count). The summed E-state index contributed by atoms with van der Waals surface area (Å²) in [5, 5.41) is 0. The highest BCUT2D eigenvalue weighted by Crippen LogP contribution is 2.55. The Kier molecular flexibility index (Phi) is 10.5. The molecule has 0 fully saturated rings. The number of hydrogen-bond donors (Lipinski definition) is 0. The zero-order chi connectivity index (χ0) is 35.4. The van der Waals surface area contributed by atoms with Crippen LogP contribution < -0.4 is 0 Å². The van der Waals surface area contributed by atoms with Crippen molar-refractivity contribution < 1.29 is 0 Å². The highest BCUT2D eigenvalue weighted by atomic mass is 15.0. The number of rotatable bonds is 14. The van der Waals surface area contributed by atoms with E-state index < -0.39 is 0 Å². The van der Waals surface area contributed by atoms with E-state index in [0.29, 0.717) is 0 Å². The Balaban J connectivity index is 1.27. The first-order chi connectivity index (χ1) is 24.9. The topological polar surface area (TPSA) is 4.93 Å². The van der Waals surface area contributed by atoms with Crippen molar-refractivity contribution in [3.8, 4) is 50.5 Å². The molecule has 260 valence electrons. The molecule has 6 aromatic rings. The van der Waals surface area contributed by atoms with Crippen LogP contribution in [-0.2, 0) is 5.41 Å². The zero-order valence-corrected chi connectivity index (χ0v) is 31.6. The predicted molar refractivity (Wildman–Crippen MR) is 220 cm³/mol. The number of unbranched alkanes of at least 4 members (excludes halogenated alkanes) is 6. The molecule has 1 aliphatic carbocycles. The van der Waals surface area contributed by atoms with Crippen LogP contribution in [0.15, 0.2) is 121 Å². The Bertz CT molecular complexity index is 2060. The van der Waals surface area contributed by atoms with E-state index >= 15 is 0 Å². The number of aromatic nitrogens is 1. The molecule has 0 saturated carbocycles. The molecule has 1 nitrogen and oxygen atoms in total. The van der Waals surface area contributed by atoms with Gasteiger partial charge in [0.1, 0.15) is 0 Å². The standard InChI is InChI=1S/C50H55N/c1-6-8-10-12-32-50(33-13-11-9-7-2)46-34-38(5)18-28-44(46)45-29-25-42(35-47(45)50)39-21-23-41(24-22-39)49-31-30-48(40-19-14-36(3)15-20-40)51(49)43-26-16-37(4)17-27-43/h14-31,34-35H,6-13,32-33H2,1-5H3. The summed E-state index contributed by atoms with van der Waals surface area (Å²) in [5.74, 6) is 0. The molecule has 0 spiro atoms. The summed E-state index contributed by atoms with van der Waals surface area (Å²) >= 11 is 0. The maximum Gasteiger partial charge on any atom is 0.0535 e. The van der Waals surface area contributed by atoms with Crippen molar-refractivity contribution >= 4 is 0 Å². The smallest absolute Gasteiger partial charge is 0.0535 e. The van der Waals surface area contributed by atoms with Gasteiger partial charge in [-0.25, -0.2) is 0 Å². The molecule has 5 aromatic carbocycles. The summed E-state index contributed by atoms with van der Waals surface area (Å²) in [4.78, 5) is 0. The van der Waals surface area contributed by atoms with Gasteiger partial charge in [0.15, 0.2) is 0 Å². The molecule has 1 heteroatoms. The average Bonchev–Trinajstić information content (AvgIpc) is 3.70. The third-order valence-electron chi connectivity index (χ3n) is 11.5. The fourth-order valence-corrected chi connectivity index (χ4v) is 8.58. The van der Waals surface area contributed by atoms with Crippen molar-refractivity contribution in [3.63, 3.8) is 0 Å². The van der Waals surface area contributed by atoms with Crippen LogP contribution in [0.4, 0.5) is 0 Å². The van der Waals surface area contributed by atoms with Gasteiger partial charge in [-0.15, -0.1) is 0 Å². The summed E-state index contributed by atoms with van der Waals surface area (Å²) in [6, 6.07) is 46.3. The minimum Gasteiger partial charge on any atom is -0.309 e. The van der Waals surface area contributed by atoms with Crippen LogP contribution in [-0.4, -0.2) is 4.57 Å². The van der Waals surface area contributed by atoms with Crippen LogP contribution in [0.25, 0.3) is 50.5 Å². The molecule has 0 saturated heterocycles. The van der Waals surface area contributed by atoms with Crippen molar-refractivity contribution in [3.05, 3.63) is 149 Å². The second-order valence-corrected chi connectivity index (χ2v) is 15.2. The summed E-state index contributed by atoms with van der Waals surface area (Å²) < 4.78 is 2.42. The lowest BCUT2D eigenvalue weighted by atomic mass is 9.70. The lowest BCUT2D eigenvalue weighted by Crippen LogP contribution is -2.25. The van der Waals surface area contributed by atoms with E-state index in [2.05, 4.69) is 161 Å². The van der Waals surface area contributed by atoms with Gasteiger partial charge in [-0.3, -0.25) is 0 Å². The first-order valence-electron chi connectivity index (χ1n) is 19.6. The van der Waals surface area contributed by atoms with Crippen LogP contribution >= 0.6 is 0 Å². The summed E-state index contributed by atoms with van der Waals surface area (Å²) in [7, 11) is 0. The predicted octanol–water partition coefficient (Wildman–Crippen LogP) is 14.6. The van der Waals surface area contributed by atoms with Crippen LogP contribution in [0.1, 0.15) is 106 Å². The van der Waals surface area contributed by atoms with Crippen LogP contribution in [0.5, 0.6) is 0 Å². The lowest BCUT2D eigenvalue weighted by molar-refractivity contribution is 0.401. The second kappa shape index (κ2) is 15.3. The molecule has 0 aliphatic heterocycles. The van der Waals surface area contributed by atoms with Gasteiger partial charge in [-0.05, 0) is 108 Å². The van der Waals surface area contributed by atoms with Crippen molar-refractivity contribution in [2.45, 2.75) is 104 Å². The largest absolute Gasteiger partial charge is 0.309 e. The van der Waals surface area contributed by atoms with E-state index in [0.717, 1.165) is 0 Å². The highest BCUT2D eigenvalue weighted by molar-refractivity contribution is 5.85. The Morgan fingerprint density at radius 1 is 0.412 bits per heavy atom. The lowest BCUT2D eigenvalue weighted by Gasteiger charge is -2.33. The van der Waals surface area contributed by atoms with E-state index in [1.807, 2.05) is 0 Å². The van der Waals surface area contributed by atoms with Crippen molar-refractivity contribution in [2.24, 2.45) is 0 Å². The van der Waals surface area contributed by atoms with Gasteiger partial charge < -0.3 is 4.57 Å². The van der Waals surface area contributed by atoms with Crippen LogP contribution in [0, 0.1) is 20.8 Å². The molecule has 0 N–H and O–H groups in total. The van der Waals surface area contributed by atoms with Gasteiger partial charge in [-0.2, -0.15) is 0 Å². The first kappa shape index (κ1) is 34.8. The van der Waals surface area contributed by atoms with Crippen LogP contribution in [0.3, 0.4) is 0 Å². The number of benzene rings is 5. The van der Waals surface area contributed by atoms with E-state index in [1.165, 1.54) is 131 Å². The van der Waals surface area contributed by atoms with Gasteiger partial charge in [0, 0.05) is 11.1 Å². The van der Waals surface area contributed by atoms with Gasteiger partial charge >= 0.3 is 0 Å². The third-order valence-corrected chi connectivity index (χ3v) is 11.5. The minimum atomic E-state index is 0.0926. The maximum absolute atomic E-state index is 2.57. The Hall–Kier alpha value is -4.62. The number of nitrogens with zero attached hydrogens (tertiary/aromatic N) is 1. The molecule has 0 radical (unpaired) electrons. The molecular weight excluding hydrogens is 615 g/mol.